The van der Waals surface area contributed by atoms with Crippen molar-refractivity contribution in [2.24, 2.45) is 0 Å². The molecule has 6 nitrogen and oxygen atoms in total. The summed E-state index contributed by atoms with van der Waals surface area (Å²) in [5.41, 5.74) is 12.6. The van der Waals surface area contributed by atoms with Crippen LogP contribution in [0.4, 0.5) is 11.4 Å². The molecule has 0 fully saturated rings. The van der Waals surface area contributed by atoms with Crippen LogP contribution in [0.15, 0.2) is 12.1 Å². The number of nitrogen functional groups attached to an aromatic ring is 2. The number of carbonyl (C=O) groups is 1. The molecule has 1 amide bonds. The first kappa shape index (κ1) is 16.1. The van der Waals surface area contributed by atoms with E-state index in [4.69, 9.17) is 16.2 Å². The highest BCUT2D eigenvalue weighted by Crippen LogP contribution is 2.26. The van der Waals surface area contributed by atoms with Crippen molar-refractivity contribution >= 4 is 17.3 Å². The van der Waals surface area contributed by atoms with Gasteiger partial charge in [0.2, 0.25) is 0 Å². The minimum absolute atomic E-state index is 0.208. The van der Waals surface area contributed by atoms with E-state index >= 15 is 0 Å². The van der Waals surface area contributed by atoms with Gasteiger partial charge in [0, 0.05) is 19.2 Å². The topological polar surface area (TPSA) is 93.6 Å². The van der Waals surface area contributed by atoms with Crippen molar-refractivity contribution in [2.45, 2.75) is 13.8 Å². The summed E-state index contributed by atoms with van der Waals surface area (Å²) in [6, 6.07) is 3.11. The summed E-state index contributed by atoms with van der Waals surface area (Å²) in [4.78, 5) is 14.4. The van der Waals surface area contributed by atoms with Gasteiger partial charge in [-0.05, 0) is 19.2 Å². The molecule has 0 radical (unpaired) electrons. The molecule has 112 valence electrons. The number of methoxy groups -OCH3 is 1. The van der Waals surface area contributed by atoms with Crippen LogP contribution in [-0.4, -0.2) is 44.1 Å². The summed E-state index contributed by atoms with van der Waals surface area (Å²) in [5.74, 6) is 0.220. The molecular weight excluding hydrogens is 256 g/mol. The Hall–Kier alpha value is -1.95. The normalized spacial score (nSPS) is 10.6. The number of amides is 1. The van der Waals surface area contributed by atoms with Gasteiger partial charge >= 0.3 is 0 Å². The van der Waals surface area contributed by atoms with Crippen molar-refractivity contribution in [1.29, 1.82) is 0 Å². The first-order valence-corrected chi connectivity index (χ1v) is 6.76. The number of nitrogens with zero attached hydrogens (tertiary/aromatic N) is 1. The van der Waals surface area contributed by atoms with E-state index in [2.05, 4.69) is 24.1 Å². The van der Waals surface area contributed by atoms with E-state index in [0.29, 0.717) is 29.2 Å². The highest BCUT2D eigenvalue weighted by atomic mass is 16.5. The SMILES string of the molecule is CCN(CC)CCNC(=O)c1cc(N)c(N)cc1OC. The fourth-order valence-corrected chi connectivity index (χ4v) is 1.92. The van der Waals surface area contributed by atoms with Gasteiger partial charge in [0.15, 0.2) is 0 Å². The van der Waals surface area contributed by atoms with Crippen LogP contribution in [0.3, 0.4) is 0 Å². The molecule has 1 aromatic carbocycles. The van der Waals surface area contributed by atoms with E-state index in [-0.39, 0.29) is 5.91 Å². The van der Waals surface area contributed by atoms with Gasteiger partial charge in [0.05, 0.1) is 24.0 Å². The number of benzene rings is 1. The number of rotatable bonds is 7. The monoisotopic (exact) mass is 280 g/mol. The average molecular weight is 280 g/mol. The summed E-state index contributed by atoms with van der Waals surface area (Å²) in [5, 5.41) is 2.86. The second kappa shape index (κ2) is 7.59. The Morgan fingerprint density at radius 3 is 2.40 bits per heavy atom. The predicted molar refractivity (Wildman–Crippen MR) is 81.9 cm³/mol. The molecule has 0 aliphatic carbocycles. The zero-order valence-corrected chi connectivity index (χ0v) is 12.4. The van der Waals surface area contributed by atoms with Crippen molar-refractivity contribution in [3.63, 3.8) is 0 Å². The van der Waals surface area contributed by atoms with Gasteiger partial charge in [-0.25, -0.2) is 0 Å². The number of anilines is 2. The van der Waals surface area contributed by atoms with Crippen LogP contribution in [0.2, 0.25) is 0 Å². The molecule has 1 aromatic rings. The maximum atomic E-state index is 12.1. The van der Waals surface area contributed by atoms with Gasteiger partial charge in [-0.2, -0.15) is 0 Å². The Labute approximate surface area is 120 Å². The summed E-state index contributed by atoms with van der Waals surface area (Å²) in [6.45, 7) is 7.50. The minimum Gasteiger partial charge on any atom is -0.496 e. The van der Waals surface area contributed by atoms with Gasteiger partial charge in [-0.1, -0.05) is 13.8 Å². The van der Waals surface area contributed by atoms with E-state index in [0.717, 1.165) is 19.6 Å². The van der Waals surface area contributed by atoms with Crippen LogP contribution in [0.25, 0.3) is 0 Å². The van der Waals surface area contributed by atoms with Crippen molar-refractivity contribution in [2.75, 3.05) is 44.8 Å². The van der Waals surface area contributed by atoms with Gasteiger partial charge < -0.3 is 26.4 Å². The lowest BCUT2D eigenvalue weighted by Gasteiger charge is -2.18. The van der Waals surface area contributed by atoms with Crippen LogP contribution in [-0.2, 0) is 0 Å². The molecule has 0 aromatic heterocycles. The molecule has 0 spiro atoms. The Morgan fingerprint density at radius 2 is 1.85 bits per heavy atom. The first-order chi connectivity index (χ1) is 9.53. The summed E-state index contributed by atoms with van der Waals surface area (Å²) < 4.78 is 5.17. The number of nitrogens with two attached hydrogens (primary N) is 2. The number of nitrogens with one attached hydrogen (secondary N) is 1. The van der Waals surface area contributed by atoms with Gasteiger partial charge in [0.1, 0.15) is 5.75 Å². The van der Waals surface area contributed by atoms with Gasteiger partial charge in [-0.3, -0.25) is 4.79 Å². The fourth-order valence-electron chi connectivity index (χ4n) is 1.92. The largest absolute Gasteiger partial charge is 0.496 e. The molecule has 0 saturated heterocycles. The fraction of sp³-hybridized carbons (Fsp3) is 0.500. The molecule has 0 unspecified atom stereocenters. The molecule has 20 heavy (non-hydrogen) atoms. The molecule has 0 bridgehead atoms. The highest BCUT2D eigenvalue weighted by molar-refractivity contribution is 5.99. The lowest BCUT2D eigenvalue weighted by atomic mass is 10.1. The van der Waals surface area contributed by atoms with Crippen molar-refractivity contribution in [3.05, 3.63) is 17.7 Å². The summed E-state index contributed by atoms with van der Waals surface area (Å²) in [6.07, 6.45) is 0. The Morgan fingerprint density at radius 1 is 1.25 bits per heavy atom. The van der Waals surface area contributed by atoms with E-state index in [1.54, 1.807) is 12.1 Å². The van der Waals surface area contributed by atoms with Gasteiger partial charge in [0.25, 0.3) is 5.91 Å². The average Bonchev–Trinajstić information content (AvgIpc) is 2.45. The molecule has 5 N–H and O–H groups in total. The number of ether oxygens (including phenoxy) is 1. The molecule has 0 saturated carbocycles. The summed E-state index contributed by atoms with van der Waals surface area (Å²) >= 11 is 0. The third-order valence-corrected chi connectivity index (χ3v) is 3.26. The third kappa shape index (κ3) is 4.03. The second-order valence-corrected chi connectivity index (χ2v) is 4.46. The smallest absolute Gasteiger partial charge is 0.255 e. The number of likely N-dealkylation sites (N-methyl/N-ethyl adjacent to an activating group) is 1. The maximum absolute atomic E-state index is 12.1. The molecule has 0 heterocycles. The Balaban J connectivity index is 2.70. The van der Waals surface area contributed by atoms with Crippen molar-refractivity contribution in [3.8, 4) is 5.75 Å². The van der Waals surface area contributed by atoms with E-state index in [1.807, 2.05) is 0 Å². The third-order valence-electron chi connectivity index (χ3n) is 3.26. The van der Waals surface area contributed by atoms with Crippen molar-refractivity contribution in [1.82, 2.24) is 10.2 Å². The maximum Gasteiger partial charge on any atom is 0.255 e. The number of hydrogen-bond donors (Lipinski definition) is 3. The van der Waals surface area contributed by atoms with Crippen molar-refractivity contribution < 1.29 is 9.53 Å². The minimum atomic E-state index is -0.208. The number of carbonyl (C=O) groups excluding carboxylic acids is 1. The lowest BCUT2D eigenvalue weighted by Crippen LogP contribution is -2.35. The van der Waals surface area contributed by atoms with E-state index in [1.165, 1.54) is 7.11 Å². The predicted octanol–water partition coefficient (Wildman–Crippen LogP) is 0.931. The van der Waals surface area contributed by atoms with Crippen LogP contribution in [0, 0.1) is 0 Å². The van der Waals surface area contributed by atoms with Gasteiger partial charge in [-0.15, -0.1) is 0 Å². The van der Waals surface area contributed by atoms with Crippen LogP contribution in [0.1, 0.15) is 24.2 Å². The first-order valence-electron chi connectivity index (χ1n) is 6.76. The van der Waals surface area contributed by atoms with E-state index in [9.17, 15) is 4.79 Å². The highest BCUT2D eigenvalue weighted by Gasteiger charge is 2.14. The number of hydrogen-bond acceptors (Lipinski definition) is 5. The standard InChI is InChI=1S/C14H24N4O2/c1-4-18(5-2)7-6-17-14(19)10-8-11(15)12(16)9-13(10)20-3/h8-9H,4-7,15-16H2,1-3H3,(H,17,19). The summed E-state index contributed by atoms with van der Waals surface area (Å²) in [7, 11) is 1.50. The Kier molecular flexibility index (Phi) is 6.11. The van der Waals surface area contributed by atoms with E-state index < -0.39 is 0 Å². The second-order valence-electron chi connectivity index (χ2n) is 4.46. The lowest BCUT2D eigenvalue weighted by molar-refractivity contribution is 0.0946. The molecule has 0 aliphatic heterocycles. The zero-order chi connectivity index (χ0) is 15.1. The zero-order valence-electron chi connectivity index (χ0n) is 12.4. The Bertz CT molecular complexity index is 459. The quantitative estimate of drug-likeness (QED) is 0.646. The van der Waals surface area contributed by atoms with Crippen LogP contribution < -0.4 is 21.5 Å². The molecule has 1 rings (SSSR count). The molecule has 0 atom stereocenters. The molecular formula is C14H24N4O2. The van der Waals surface area contributed by atoms with Crippen LogP contribution in [0.5, 0.6) is 5.75 Å². The molecule has 6 heteroatoms. The van der Waals surface area contributed by atoms with Crippen LogP contribution >= 0.6 is 0 Å². The molecule has 0 aliphatic rings.